The summed E-state index contributed by atoms with van der Waals surface area (Å²) in [5, 5.41) is 8.80. The smallest absolute Gasteiger partial charge is 0.316 e. The first-order valence-corrected chi connectivity index (χ1v) is 6.33. The normalized spacial score (nSPS) is 18.5. The summed E-state index contributed by atoms with van der Waals surface area (Å²) in [7, 11) is 0. The Hall–Kier alpha value is -2.49. The third-order valence-electron chi connectivity index (χ3n) is 3.03. The van der Waals surface area contributed by atoms with E-state index in [1.165, 1.54) is 12.3 Å². The van der Waals surface area contributed by atoms with E-state index in [2.05, 4.69) is 9.97 Å². The lowest BCUT2D eigenvalue weighted by atomic mass is 9.96. The summed E-state index contributed by atoms with van der Waals surface area (Å²) in [4.78, 5) is 33.4. The number of aromatic nitrogens is 2. The van der Waals surface area contributed by atoms with Crippen LogP contribution in [0.4, 0.5) is 5.95 Å². The van der Waals surface area contributed by atoms with Gasteiger partial charge in [-0.15, -0.1) is 0 Å². The number of nitrogens with zero attached hydrogens (tertiary/aromatic N) is 4. The molecule has 0 N–H and O–H groups in total. The SMILES string of the molecule is CCOC(=O)C1CCN(c2nccc(C#N)n2)CC1=O. The van der Waals surface area contributed by atoms with Gasteiger partial charge in [-0.1, -0.05) is 0 Å². The van der Waals surface area contributed by atoms with Crippen LogP contribution in [0.15, 0.2) is 12.3 Å². The molecule has 0 saturated carbocycles. The van der Waals surface area contributed by atoms with Gasteiger partial charge in [-0.2, -0.15) is 5.26 Å². The van der Waals surface area contributed by atoms with E-state index in [-0.39, 0.29) is 24.6 Å². The zero-order valence-electron chi connectivity index (χ0n) is 11.1. The number of ketones is 1. The highest BCUT2D eigenvalue weighted by atomic mass is 16.5. The molecule has 2 rings (SSSR count). The van der Waals surface area contributed by atoms with Crippen LogP contribution in [0.5, 0.6) is 0 Å². The molecule has 0 aromatic carbocycles. The van der Waals surface area contributed by atoms with Gasteiger partial charge in [0, 0.05) is 12.7 Å². The zero-order chi connectivity index (χ0) is 14.5. The quantitative estimate of drug-likeness (QED) is 0.578. The highest BCUT2D eigenvalue weighted by Gasteiger charge is 2.34. The van der Waals surface area contributed by atoms with E-state index >= 15 is 0 Å². The number of ether oxygens (including phenoxy) is 1. The van der Waals surface area contributed by atoms with Crippen molar-refractivity contribution < 1.29 is 14.3 Å². The second-order valence-electron chi connectivity index (χ2n) is 4.33. The number of anilines is 1. The molecule has 0 aliphatic carbocycles. The first-order chi connectivity index (χ1) is 9.65. The molecule has 20 heavy (non-hydrogen) atoms. The Morgan fingerprint density at radius 3 is 3.10 bits per heavy atom. The summed E-state index contributed by atoms with van der Waals surface area (Å²) in [5.41, 5.74) is 0.245. The summed E-state index contributed by atoms with van der Waals surface area (Å²) in [6.07, 6.45) is 1.85. The average molecular weight is 274 g/mol. The number of hydrogen-bond acceptors (Lipinski definition) is 7. The van der Waals surface area contributed by atoms with Crippen LogP contribution >= 0.6 is 0 Å². The lowest BCUT2D eigenvalue weighted by Crippen LogP contribution is -2.45. The maximum atomic E-state index is 12.0. The van der Waals surface area contributed by atoms with Crippen LogP contribution in [-0.4, -0.2) is 41.4 Å². The molecule has 1 saturated heterocycles. The predicted octanol–water partition coefficient (Wildman–Crippen LogP) is 0.307. The highest BCUT2D eigenvalue weighted by Crippen LogP contribution is 2.19. The molecular formula is C13H14N4O3. The van der Waals surface area contributed by atoms with E-state index in [1.54, 1.807) is 11.8 Å². The molecule has 1 unspecified atom stereocenters. The van der Waals surface area contributed by atoms with Crippen molar-refractivity contribution in [2.75, 3.05) is 24.6 Å². The van der Waals surface area contributed by atoms with E-state index < -0.39 is 11.9 Å². The van der Waals surface area contributed by atoms with Gasteiger partial charge in [-0.05, 0) is 19.4 Å². The van der Waals surface area contributed by atoms with Crippen molar-refractivity contribution in [2.45, 2.75) is 13.3 Å². The standard InChI is InChI=1S/C13H14N4O3/c1-2-20-12(19)10-4-6-17(8-11(10)18)13-15-5-3-9(7-14)16-13/h3,5,10H,2,4,6,8H2,1H3. The molecule has 1 aromatic rings. The van der Waals surface area contributed by atoms with Crippen molar-refractivity contribution in [2.24, 2.45) is 5.92 Å². The Labute approximate surface area is 116 Å². The van der Waals surface area contributed by atoms with Gasteiger partial charge in [-0.25, -0.2) is 9.97 Å². The molecule has 1 aromatic heterocycles. The topological polar surface area (TPSA) is 96.2 Å². The predicted molar refractivity (Wildman–Crippen MR) is 68.7 cm³/mol. The van der Waals surface area contributed by atoms with Gasteiger partial charge in [0.15, 0.2) is 5.78 Å². The van der Waals surface area contributed by atoms with Crippen molar-refractivity contribution in [3.05, 3.63) is 18.0 Å². The molecular weight excluding hydrogens is 260 g/mol. The highest BCUT2D eigenvalue weighted by molar-refractivity contribution is 6.01. The number of piperidine rings is 1. The number of Topliss-reactive ketones (excluding diaryl/α,β-unsaturated/α-hetero) is 1. The van der Waals surface area contributed by atoms with Crippen molar-refractivity contribution >= 4 is 17.7 Å². The maximum absolute atomic E-state index is 12.0. The van der Waals surface area contributed by atoms with Crippen molar-refractivity contribution in [3.63, 3.8) is 0 Å². The molecule has 1 fully saturated rings. The molecule has 1 aliphatic heterocycles. The Balaban J connectivity index is 2.07. The molecule has 2 heterocycles. The van der Waals surface area contributed by atoms with Crippen molar-refractivity contribution in [1.29, 1.82) is 5.26 Å². The summed E-state index contributed by atoms with van der Waals surface area (Å²) in [5.74, 6) is -1.05. The third-order valence-corrected chi connectivity index (χ3v) is 3.03. The van der Waals surface area contributed by atoms with Crippen LogP contribution in [0.2, 0.25) is 0 Å². The van der Waals surface area contributed by atoms with Crippen LogP contribution in [-0.2, 0) is 14.3 Å². The Morgan fingerprint density at radius 1 is 1.65 bits per heavy atom. The lowest BCUT2D eigenvalue weighted by Gasteiger charge is -2.29. The molecule has 7 heteroatoms. The summed E-state index contributed by atoms with van der Waals surface area (Å²) < 4.78 is 4.88. The van der Waals surface area contributed by atoms with Gasteiger partial charge in [0.2, 0.25) is 5.95 Å². The Kier molecular flexibility index (Phi) is 4.25. The molecule has 0 radical (unpaired) electrons. The van der Waals surface area contributed by atoms with Crippen LogP contribution in [0, 0.1) is 17.2 Å². The number of carbonyl (C=O) groups excluding carboxylic acids is 2. The van der Waals surface area contributed by atoms with Crippen molar-refractivity contribution in [3.8, 4) is 6.07 Å². The summed E-state index contributed by atoms with van der Waals surface area (Å²) in [6, 6.07) is 3.42. The molecule has 0 bridgehead atoms. The zero-order valence-corrected chi connectivity index (χ0v) is 11.1. The van der Waals surface area contributed by atoms with Crippen LogP contribution in [0.3, 0.4) is 0 Å². The summed E-state index contributed by atoms with van der Waals surface area (Å²) >= 11 is 0. The molecule has 0 spiro atoms. The summed E-state index contributed by atoms with van der Waals surface area (Å²) in [6.45, 7) is 2.50. The number of hydrogen-bond donors (Lipinski definition) is 0. The molecule has 0 amide bonds. The second-order valence-corrected chi connectivity index (χ2v) is 4.33. The van der Waals surface area contributed by atoms with E-state index in [0.29, 0.717) is 18.9 Å². The largest absolute Gasteiger partial charge is 0.465 e. The first-order valence-electron chi connectivity index (χ1n) is 6.33. The van der Waals surface area contributed by atoms with E-state index in [0.717, 1.165) is 0 Å². The molecule has 1 atom stereocenters. The average Bonchev–Trinajstić information content (AvgIpc) is 2.47. The minimum absolute atomic E-state index is 0.0539. The fourth-order valence-corrected chi connectivity index (χ4v) is 2.05. The minimum Gasteiger partial charge on any atom is -0.465 e. The van der Waals surface area contributed by atoms with Crippen LogP contribution in [0.1, 0.15) is 19.0 Å². The monoisotopic (exact) mass is 274 g/mol. The number of esters is 1. The van der Waals surface area contributed by atoms with E-state index in [1.807, 2.05) is 6.07 Å². The number of rotatable bonds is 3. The number of nitriles is 1. The van der Waals surface area contributed by atoms with Gasteiger partial charge in [0.25, 0.3) is 0 Å². The van der Waals surface area contributed by atoms with E-state index in [4.69, 9.17) is 10.00 Å². The Morgan fingerprint density at radius 2 is 2.45 bits per heavy atom. The third kappa shape index (κ3) is 2.91. The minimum atomic E-state index is -0.703. The van der Waals surface area contributed by atoms with Gasteiger partial charge in [0.1, 0.15) is 17.7 Å². The molecule has 7 nitrogen and oxygen atoms in total. The van der Waals surface area contributed by atoms with Crippen LogP contribution < -0.4 is 4.90 Å². The van der Waals surface area contributed by atoms with Gasteiger partial charge in [-0.3, -0.25) is 9.59 Å². The molecule has 104 valence electrons. The van der Waals surface area contributed by atoms with Gasteiger partial charge in [0.05, 0.1) is 13.2 Å². The first kappa shape index (κ1) is 13.9. The lowest BCUT2D eigenvalue weighted by molar-refractivity contribution is -0.152. The fraction of sp³-hybridized carbons (Fsp3) is 0.462. The van der Waals surface area contributed by atoms with Crippen LogP contribution in [0.25, 0.3) is 0 Å². The second kappa shape index (κ2) is 6.10. The number of carbonyl (C=O) groups is 2. The maximum Gasteiger partial charge on any atom is 0.316 e. The van der Waals surface area contributed by atoms with Crippen molar-refractivity contribution in [1.82, 2.24) is 9.97 Å². The van der Waals surface area contributed by atoms with E-state index in [9.17, 15) is 9.59 Å². The Bertz CT molecular complexity index is 567. The fourth-order valence-electron chi connectivity index (χ4n) is 2.05. The molecule has 1 aliphatic rings. The van der Waals surface area contributed by atoms with Gasteiger partial charge < -0.3 is 9.64 Å². The van der Waals surface area contributed by atoms with Gasteiger partial charge >= 0.3 is 5.97 Å².